The zero-order chi connectivity index (χ0) is 27.0. The van der Waals surface area contributed by atoms with Gasteiger partial charge in [-0.2, -0.15) is 14.7 Å². The number of halogens is 1. The minimum atomic E-state index is -3.56. The molecule has 3 aromatic heterocycles. The lowest BCUT2D eigenvalue weighted by atomic mass is 9.89. The van der Waals surface area contributed by atoms with E-state index in [9.17, 15) is 27.2 Å². The Bertz CT molecular complexity index is 1490. The van der Waals surface area contributed by atoms with Gasteiger partial charge in [0.05, 0.1) is 29.0 Å². The molecule has 0 radical (unpaired) electrons. The molecule has 0 aromatic carbocycles. The molecular weight excluding hydrogens is 523 g/mol. The summed E-state index contributed by atoms with van der Waals surface area (Å²) in [6, 6.07) is 3.70. The van der Waals surface area contributed by atoms with Gasteiger partial charge in [0.15, 0.2) is 23.8 Å². The minimum absolute atomic E-state index is 0.000316. The van der Waals surface area contributed by atoms with Gasteiger partial charge in [-0.1, -0.05) is 6.92 Å². The van der Waals surface area contributed by atoms with Gasteiger partial charge in [-0.05, 0) is 26.3 Å². The van der Waals surface area contributed by atoms with E-state index in [0.29, 0.717) is 23.9 Å². The van der Waals surface area contributed by atoms with Crippen LogP contribution in [0.5, 0.6) is 0 Å². The van der Waals surface area contributed by atoms with Gasteiger partial charge in [0.25, 0.3) is 0 Å². The number of nitrogens with zero attached hydrogens (tertiary/aromatic N) is 8. The fourth-order valence-corrected chi connectivity index (χ4v) is 6.04. The highest BCUT2D eigenvalue weighted by Gasteiger charge is 2.51. The van der Waals surface area contributed by atoms with Crippen molar-refractivity contribution in [2.75, 3.05) is 18.0 Å². The van der Waals surface area contributed by atoms with Crippen molar-refractivity contribution in [1.29, 1.82) is 5.26 Å². The molecule has 196 valence electrons. The molecule has 0 bridgehead atoms. The average molecular weight is 549 g/mol. The summed E-state index contributed by atoms with van der Waals surface area (Å²) in [5, 5.41) is 13.9. The molecule has 12 nitrogen and oxygen atoms in total. The number of nitriles is 1. The van der Waals surface area contributed by atoms with Crippen LogP contribution in [0.3, 0.4) is 0 Å². The summed E-state index contributed by atoms with van der Waals surface area (Å²) in [5.41, 5.74) is -0.154. The van der Waals surface area contributed by atoms with Gasteiger partial charge in [-0.25, -0.2) is 27.3 Å². The molecule has 0 spiro atoms. The molecule has 4 rings (SSSR count). The third-order valence-corrected chi connectivity index (χ3v) is 8.94. The summed E-state index contributed by atoms with van der Waals surface area (Å²) in [7, 11) is -3.56. The number of amides is 2. The Hall–Kier alpha value is -3.35. The molecule has 0 N–H and O–H groups in total. The summed E-state index contributed by atoms with van der Waals surface area (Å²) in [6.45, 7) is 4.95. The second kappa shape index (κ2) is 10.2. The van der Waals surface area contributed by atoms with Gasteiger partial charge >= 0.3 is 0 Å². The second-order valence-electron chi connectivity index (χ2n) is 9.02. The lowest BCUT2D eigenvalue weighted by Gasteiger charge is -2.48. The van der Waals surface area contributed by atoms with Gasteiger partial charge in [-0.15, -0.1) is 3.89 Å². The number of fused-ring (bicyclic) bond motifs is 1. The molecule has 3 aromatic rings. The predicted molar refractivity (Wildman–Crippen MR) is 135 cm³/mol. The van der Waals surface area contributed by atoms with Crippen LogP contribution < -0.4 is 4.90 Å². The van der Waals surface area contributed by atoms with E-state index < -0.39 is 26.7 Å². The maximum atomic E-state index is 13.4. The molecule has 0 saturated carbocycles. The molecule has 1 aliphatic heterocycles. The lowest BCUT2D eigenvalue weighted by Crippen LogP contribution is -2.65. The number of carbonyl (C=O) groups excluding carboxylic acids is 2. The second-order valence-corrected chi connectivity index (χ2v) is 12.0. The van der Waals surface area contributed by atoms with Crippen LogP contribution in [-0.4, -0.2) is 67.1 Å². The SMILES string of the molecule is CCCC(=O)N(C=O)c1nn(C2(CC#N)CN(S(=O)(=O)C(C)C)C2)cc1-c1ncnc2c1ccn2SF. The number of aromatic nitrogens is 5. The van der Waals surface area contributed by atoms with Gasteiger partial charge in [0.2, 0.25) is 22.3 Å². The number of anilines is 1. The first-order chi connectivity index (χ1) is 17.6. The van der Waals surface area contributed by atoms with E-state index in [0.717, 1.165) is 4.90 Å². The fourth-order valence-electron chi connectivity index (χ4n) is 4.29. The molecule has 1 aliphatic rings. The lowest BCUT2D eigenvalue weighted by molar-refractivity contribution is -0.122. The van der Waals surface area contributed by atoms with E-state index in [1.165, 1.54) is 25.5 Å². The molecule has 1 fully saturated rings. The standard InChI is InChI=1S/C22H25FN8O4S2/c1-4-5-18(33)29(14-32)21-17(19-16-6-9-30(36-23)20(16)26-13-25-19)10-31(27-21)22(7-8-24)11-28(12-22)37(34,35)15(2)3/h6,9-10,13-15H,4-5,7,11-12H2,1-3H3. The monoisotopic (exact) mass is 548 g/mol. The normalized spacial score (nSPS) is 15.5. The molecule has 1 saturated heterocycles. The number of hydrogen-bond donors (Lipinski definition) is 0. The Labute approximate surface area is 217 Å². The maximum absolute atomic E-state index is 13.4. The molecule has 0 unspecified atom stereocenters. The van der Waals surface area contributed by atoms with E-state index in [1.54, 1.807) is 33.0 Å². The van der Waals surface area contributed by atoms with E-state index in [1.807, 2.05) is 0 Å². The third-order valence-electron chi connectivity index (χ3n) is 6.33. The van der Waals surface area contributed by atoms with Crippen molar-refractivity contribution in [2.24, 2.45) is 0 Å². The first-order valence-corrected chi connectivity index (χ1v) is 13.7. The van der Waals surface area contributed by atoms with Crippen LogP contribution in [0, 0.1) is 11.3 Å². The van der Waals surface area contributed by atoms with Crippen molar-refractivity contribution >= 4 is 51.5 Å². The Morgan fingerprint density at radius 3 is 2.70 bits per heavy atom. The highest BCUT2D eigenvalue weighted by molar-refractivity contribution is 7.92. The maximum Gasteiger partial charge on any atom is 0.234 e. The van der Waals surface area contributed by atoms with E-state index in [-0.39, 0.29) is 55.3 Å². The summed E-state index contributed by atoms with van der Waals surface area (Å²) in [6.07, 6.45) is 5.13. The van der Waals surface area contributed by atoms with Crippen molar-refractivity contribution < 1.29 is 21.9 Å². The smallest absolute Gasteiger partial charge is 0.234 e. The zero-order valence-corrected chi connectivity index (χ0v) is 22.0. The van der Waals surface area contributed by atoms with Gasteiger partial charge in [0, 0.05) is 37.3 Å². The van der Waals surface area contributed by atoms with Crippen molar-refractivity contribution in [2.45, 2.75) is 50.8 Å². The zero-order valence-electron chi connectivity index (χ0n) is 20.4. The van der Waals surface area contributed by atoms with Gasteiger partial charge in [-0.3, -0.25) is 14.3 Å². The molecule has 4 heterocycles. The molecular formula is C22H25FN8O4S2. The van der Waals surface area contributed by atoms with Gasteiger partial charge < -0.3 is 0 Å². The highest BCUT2D eigenvalue weighted by Crippen LogP contribution is 2.40. The van der Waals surface area contributed by atoms with Crippen molar-refractivity contribution in [3.05, 3.63) is 24.8 Å². The number of sulfonamides is 1. The van der Waals surface area contributed by atoms with E-state index in [4.69, 9.17) is 0 Å². The van der Waals surface area contributed by atoms with Crippen LogP contribution in [0.2, 0.25) is 0 Å². The molecule has 0 aliphatic carbocycles. The Kier molecular flexibility index (Phi) is 7.36. The molecule has 0 atom stereocenters. The van der Waals surface area contributed by atoms with Crippen LogP contribution in [0.4, 0.5) is 9.70 Å². The molecule has 15 heteroatoms. The topological polar surface area (TPSA) is 147 Å². The Balaban J connectivity index is 1.89. The number of hydrogen-bond acceptors (Lipinski definition) is 9. The van der Waals surface area contributed by atoms with Crippen molar-refractivity contribution in [1.82, 2.24) is 28.0 Å². The quantitative estimate of drug-likeness (QED) is 0.349. The molecule has 37 heavy (non-hydrogen) atoms. The summed E-state index contributed by atoms with van der Waals surface area (Å²) < 4.78 is 42.7. The number of imide groups is 1. The van der Waals surface area contributed by atoms with Crippen molar-refractivity contribution in [3.63, 3.8) is 0 Å². The van der Waals surface area contributed by atoms with Crippen LogP contribution in [-0.2, 0) is 25.2 Å². The van der Waals surface area contributed by atoms with Gasteiger partial charge in [0.1, 0.15) is 11.9 Å². The fraction of sp³-hybridized carbons (Fsp3) is 0.455. The first kappa shape index (κ1) is 26.7. The van der Waals surface area contributed by atoms with E-state index >= 15 is 0 Å². The Morgan fingerprint density at radius 1 is 1.38 bits per heavy atom. The first-order valence-electron chi connectivity index (χ1n) is 11.5. The minimum Gasteiger partial charge on any atom is -0.278 e. The van der Waals surface area contributed by atoms with Crippen LogP contribution in [0.1, 0.15) is 40.0 Å². The van der Waals surface area contributed by atoms with Crippen LogP contribution in [0.25, 0.3) is 22.3 Å². The van der Waals surface area contributed by atoms with E-state index in [2.05, 4.69) is 21.1 Å². The highest BCUT2D eigenvalue weighted by atomic mass is 32.2. The van der Waals surface area contributed by atoms with Crippen molar-refractivity contribution in [3.8, 4) is 17.3 Å². The largest absolute Gasteiger partial charge is 0.278 e. The summed E-state index contributed by atoms with van der Waals surface area (Å²) in [4.78, 5) is 34.2. The number of rotatable bonds is 10. The number of carbonyl (C=O) groups is 2. The third kappa shape index (κ3) is 4.49. The Morgan fingerprint density at radius 2 is 2.11 bits per heavy atom. The predicted octanol–water partition coefficient (Wildman–Crippen LogP) is 2.63. The molecule has 2 amide bonds. The summed E-state index contributed by atoms with van der Waals surface area (Å²) >= 11 is -0.0447. The average Bonchev–Trinajstić information content (AvgIpc) is 3.46. The van der Waals surface area contributed by atoms with Crippen LogP contribution in [0.15, 0.2) is 24.8 Å². The summed E-state index contributed by atoms with van der Waals surface area (Å²) in [5.74, 6) is -0.505. The van der Waals surface area contributed by atoms with Crippen LogP contribution >= 0.6 is 12.3 Å².